The molecule has 1 aromatic rings. The Labute approximate surface area is 73.1 Å². The first-order chi connectivity index (χ1) is 5.93. The maximum absolute atomic E-state index is 3.87. The molecule has 62 valence electrons. The molecule has 0 atom stereocenters. The molecule has 12 heavy (non-hydrogen) atoms. The summed E-state index contributed by atoms with van der Waals surface area (Å²) in [5, 5.41) is 0. The monoisotopic (exact) mass is 160 g/mol. The molecule has 0 saturated carbocycles. The average Bonchev–Trinajstić information content (AvgIpc) is 2.14. The van der Waals surface area contributed by atoms with Crippen LogP contribution in [-0.2, 0) is 0 Å². The fourth-order valence-electron chi connectivity index (χ4n) is 0.793. The average molecular weight is 160 g/mol. The summed E-state index contributed by atoms with van der Waals surface area (Å²) in [6.45, 7) is 2.16. The van der Waals surface area contributed by atoms with E-state index in [0.717, 1.165) is 12.0 Å². The first-order valence-corrected chi connectivity index (χ1v) is 4.17. The molecule has 2 nitrogen and oxygen atoms in total. The molecule has 0 N–H and O–H groups in total. The van der Waals surface area contributed by atoms with Gasteiger partial charge in [0.25, 0.3) is 0 Å². The summed E-state index contributed by atoms with van der Waals surface area (Å²) in [7, 11) is 0. The number of nitrogens with zero attached hydrogens (tertiary/aromatic N) is 2. The first kappa shape index (κ1) is 8.73. The normalized spacial score (nSPS) is 8.75. The van der Waals surface area contributed by atoms with Gasteiger partial charge < -0.3 is 0 Å². The number of unbranched alkanes of at least 4 members (excludes halogenated alkanes) is 2. The van der Waals surface area contributed by atoms with E-state index in [4.69, 9.17) is 0 Å². The van der Waals surface area contributed by atoms with Gasteiger partial charge in [-0.15, -0.1) is 0 Å². The molecule has 1 heterocycles. The van der Waals surface area contributed by atoms with Gasteiger partial charge in [0.15, 0.2) is 0 Å². The molecule has 0 bridgehead atoms. The third kappa shape index (κ3) is 3.16. The molecule has 0 aliphatic rings. The third-order valence-corrected chi connectivity index (χ3v) is 1.45. The summed E-state index contributed by atoms with van der Waals surface area (Å²) in [5.74, 6) is 6.08. The van der Waals surface area contributed by atoms with E-state index in [2.05, 4.69) is 28.7 Å². The van der Waals surface area contributed by atoms with Gasteiger partial charge in [0, 0.05) is 18.8 Å². The highest BCUT2D eigenvalue weighted by molar-refractivity contribution is 5.28. The molecule has 0 fully saturated rings. The van der Waals surface area contributed by atoms with Crippen LogP contribution in [0, 0.1) is 11.8 Å². The van der Waals surface area contributed by atoms with Gasteiger partial charge in [0.05, 0.1) is 5.56 Å². The van der Waals surface area contributed by atoms with Crippen molar-refractivity contribution in [1.29, 1.82) is 0 Å². The first-order valence-electron chi connectivity index (χ1n) is 4.17. The van der Waals surface area contributed by atoms with Crippen LogP contribution in [0.25, 0.3) is 0 Å². The van der Waals surface area contributed by atoms with Crippen LogP contribution >= 0.6 is 0 Å². The summed E-state index contributed by atoms with van der Waals surface area (Å²) < 4.78 is 0. The molecule has 1 aromatic heterocycles. The van der Waals surface area contributed by atoms with Crippen molar-refractivity contribution < 1.29 is 0 Å². The van der Waals surface area contributed by atoms with E-state index in [1.54, 1.807) is 12.4 Å². The second kappa shape index (κ2) is 5.31. The zero-order valence-corrected chi connectivity index (χ0v) is 7.25. The van der Waals surface area contributed by atoms with Gasteiger partial charge in [-0.25, -0.2) is 9.97 Å². The Balaban J connectivity index is 2.44. The Morgan fingerprint density at radius 1 is 1.33 bits per heavy atom. The summed E-state index contributed by atoms with van der Waals surface area (Å²) >= 11 is 0. The second-order valence-corrected chi connectivity index (χ2v) is 2.53. The van der Waals surface area contributed by atoms with Crippen LogP contribution in [0.5, 0.6) is 0 Å². The van der Waals surface area contributed by atoms with Crippen LogP contribution in [0.3, 0.4) is 0 Å². The lowest BCUT2D eigenvalue weighted by Crippen LogP contribution is -1.79. The Bertz CT molecular complexity index is 269. The molecular formula is C10H12N2. The molecule has 2 heteroatoms. The maximum Gasteiger partial charge on any atom is 0.115 e. The third-order valence-electron chi connectivity index (χ3n) is 1.45. The van der Waals surface area contributed by atoms with Crippen molar-refractivity contribution in [2.24, 2.45) is 0 Å². The van der Waals surface area contributed by atoms with E-state index in [0.29, 0.717) is 0 Å². The van der Waals surface area contributed by atoms with Crippen molar-refractivity contribution in [2.75, 3.05) is 0 Å². The predicted molar refractivity (Wildman–Crippen MR) is 48.4 cm³/mol. The van der Waals surface area contributed by atoms with Crippen LogP contribution in [0.1, 0.15) is 31.7 Å². The maximum atomic E-state index is 3.87. The van der Waals surface area contributed by atoms with Crippen molar-refractivity contribution in [3.8, 4) is 11.8 Å². The minimum atomic E-state index is 0.897. The number of hydrogen-bond acceptors (Lipinski definition) is 2. The van der Waals surface area contributed by atoms with E-state index in [-0.39, 0.29) is 0 Å². The molecule has 1 rings (SSSR count). The van der Waals surface area contributed by atoms with Gasteiger partial charge in [-0.3, -0.25) is 0 Å². The Morgan fingerprint density at radius 2 is 2.08 bits per heavy atom. The van der Waals surface area contributed by atoms with Gasteiger partial charge >= 0.3 is 0 Å². The highest BCUT2D eigenvalue weighted by Gasteiger charge is 1.82. The molecule has 0 unspecified atom stereocenters. The number of aromatic nitrogens is 2. The van der Waals surface area contributed by atoms with Gasteiger partial charge in [0.2, 0.25) is 0 Å². The van der Waals surface area contributed by atoms with Crippen molar-refractivity contribution in [3.63, 3.8) is 0 Å². The van der Waals surface area contributed by atoms with Crippen molar-refractivity contribution in [1.82, 2.24) is 9.97 Å². The van der Waals surface area contributed by atoms with E-state index >= 15 is 0 Å². The van der Waals surface area contributed by atoms with Crippen LogP contribution in [0.15, 0.2) is 18.7 Å². The second-order valence-electron chi connectivity index (χ2n) is 2.53. The lowest BCUT2D eigenvalue weighted by Gasteiger charge is -1.86. The van der Waals surface area contributed by atoms with Gasteiger partial charge in [0.1, 0.15) is 6.33 Å². The van der Waals surface area contributed by atoms with Gasteiger partial charge in [-0.05, 0) is 6.42 Å². The molecule has 0 radical (unpaired) electrons. The molecule has 0 aromatic carbocycles. The van der Waals surface area contributed by atoms with E-state index in [1.165, 1.54) is 19.2 Å². The number of rotatable bonds is 2. The molecule has 0 aliphatic carbocycles. The fourth-order valence-corrected chi connectivity index (χ4v) is 0.793. The van der Waals surface area contributed by atoms with Crippen LogP contribution in [0.2, 0.25) is 0 Å². The predicted octanol–water partition coefficient (Wildman–Crippen LogP) is 2.02. The Kier molecular flexibility index (Phi) is 3.87. The van der Waals surface area contributed by atoms with Gasteiger partial charge in [-0.1, -0.05) is 25.2 Å². The largest absolute Gasteiger partial charge is 0.244 e. The minimum absolute atomic E-state index is 0.897. The highest BCUT2D eigenvalue weighted by Crippen LogP contribution is 1.93. The molecule has 0 amide bonds. The van der Waals surface area contributed by atoms with Crippen molar-refractivity contribution in [3.05, 3.63) is 24.3 Å². The quantitative estimate of drug-likeness (QED) is 0.488. The van der Waals surface area contributed by atoms with E-state index < -0.39 is 0 Å². The standard InChI is InChI=1S/C10H12N2/c1-2-3-4-5-6-10-7-11-9-12-8-10/h7-9H,2-4H2,1H3. The van der Waals surface area contributed by atoms with Crippen LogP contribution < -0.4 is 0 Å². The zero-order chi connectivity index (χ0) is 8.65. The summed E-state index contributed by atoms with van der Waals surface area (Å²) in [5.41, 5.74) is 0.897. The molecule has 0 spiro atoms. The topological polar surface area (TPSA) is 25.8 Å². The molecule has 0 aliphatic heterocycles. The van der Waals surface area contributed by atoms with E-state index in [9.17, 15) is 0 Å². The molecular weight excluding hydrogens is 148 g/mol. The van der Waals surface area contributed by atoms with Crippen molar-refractivity contribution >= 4 is 0 Å². The summed E-state index contributed by atoms with van der Waals surface area (Å²) in [6, 6.07) is 0. The number of hydrogen-bond donors (Lipinski definition) is 0. The van der Waals surface area contributed by atoms with Crippen LogP contribution in [-0.4, -0.2) is 9.97 Å². The van der Waals surface area contributed by atoms with Crippen LogP contribution in [0.4, 0.5) is 0 Å². The lowest BCUT2D eigenvalue weighted by molar-refractivity contribution is 0.828. The lowest BCUT2D eigenvalue weighted by atomic mass is 10.2. The van der Waals surface area contributed by atoms with Gasteiger partial charge in [-0.2, -0.15) is 0 Å². The van der Waals surface area contributed by atoms with E-state index in [1.807, 2.05) is 0 Å². The smallest absolute Gasteiger partial charge is 0.115 e. The minimum Gasteiger partial charge on any atom is -0.244 e. The Morgan fingerprint density at radius 3 is 2.75 bits per heavy atom. The fraction of sp³-hybridized carbons (Fsp3) is 0.400. The van der Waals surface area contributed by atoms with Crippen molar-refractivity contribution in [2.45, 2.75) is 26.2 Å². The highest BCUT2D eigenvalue weighted by atomic mass is 14.8. The SMILES string of the molecule is CCCCC#Cc1cncnc1. The zero-order valence-electron chi connectivity index (χ0n) is 7.25. The summed E-state index contributed by atoms with van der Waals surface area (Å²) in [6.07, 6.45) is 8.29. The Hall–Kier alpha value is -1.36. The summed E-state index contributed by atoms with van der Waals surface area (Å²) in [4.78, 5) is 7.74. The molecule has 0 saturated heterocycles.